The Morgan fingerprint density at radius 1 is 0.966 bits per heavy atom. The Balaban J connectivity index is 1.47. The molecule has 1 aliphatic heterocycles. The molecule has 2 aromatic carbocycles. The first-order valence-electron chi connectivity index (χ1n) is 10.4. The average molecular weight is 413 g/mol. The fraction of sp³-hybridized carbons (Fsp3) is 0.435. The molecule has 154 valence electrons. The number of fused-ring (bicyclic) bond motifs is 1. The zero-order valence-electron chi connectivity index (χ0n) is 17.0. The maximum Gasteiger partial charge on any atom is 0.255 e. The van der Waals surface area contributed by atoms with E-state index in [2.05, 4.69) is 25.2 Å². The van der Waals surface area contributed by atoms with E-state index < -0.39 is 10.0 Å². The van der Waals surface area contributed by atoms with Crippen LogP contribution in [-0.2, 0) is 22.9 Å². The molecule has 0 unspecified atom stereocenters. The topological polar surface area (TPSA) is 66.5 Å². The van der Waals surface area contributed by atoms with E-state index >= 15 is 0 Å². The molecule has 0 bridgehead atoms. The standard InChI is InChI=1S/C23H28N2O3S/c1-16-12-17(2)15-25(14-16)29(27,28)22-10-7-19(8-11-22)23(26)24-21-9-6-18-4-3-5-20(18)13-21/h6-11,13,16-17H,3-5,12,14-15H2,1-2H3,(H,24,26)/t16-,17+. The minimum atomic E-state index is -3.53. The number of hydrogen-bond acceptors (Lipinski definition) is 3. The second-order valence-corrected chi connectivity index (χ2v) is 10.5. The zero-order chi connectivity index (χ0) is 20.6. The molecule has 2 aliphatic rings. The van der Waals surface area contributed by atoms with Gasteiger partial charge < -0.3 is 5.32 Å². The minimum absolute atomic E-state index is 0.230. The van der Waals surface area contributed by atoms with Gasteiger partial charge in [0.1, 0.15) is 0 Å². The number of piperidine rings is 1. The molecule has 0 radical (unpaired) electrons. The highest BCUT2D eigenvalue weighted by atomic mass is 32.2. The lowest BCUT2D eigenvalue weighted by Gasteiger charge is -2.34. The van der Waals surface area contributed by atoms with Gasteiger partial charge in [-0.1, -0.05) is 19.9 Å². The molecule has 6 heteroatoms. The quantitative estimate of drug-likeness (QED) is 0.822. The number of nitrogens with one attached hydrogen (secondary N) is 1. The molecule has 4 rings (SSSR count). The third-order valence-corrected chi connectivity index (χ3v) is 7.79. The number of benzene rings is 2. The molecular weight excluding hydrogens is 384 g/mol. The summed E-state index contributed by atoms with van der Waals surface area (Å²) < 4.78 is 27.5. The van der Waals surface area contributed by atoms with Crippen LogP contribution in [0.2, 0.25) is 0 Å². The number of hydrogen-bond donors (Lipinski definition) is 1. The predicted molar refractivity (Wildman–Crippen MR) is 115 cm³/mol. The molecule has 1 aliphatic carbocycles. The minimum Gasteiger partial charge on any atom is -0.322 e. The van der Waals surface area contributed by atoms with E-state index in [1.807, 2.05) is 12.1 Å². The lowest BCUT2D eigenvalue weighted by molar-refractivity contribution is 0.102. The van der Waals surface area contributed by atoms with Crippen LogP contribution in [0.5, 0.6) is 0 Å². The van der Waals surface area contributed by atoms with Gasteiger partial charge in [0, 0.05) is 24.3 Å². The van der Waals surface area contributed by atoms with Gasteiger partial charge in [-0.3, -0.25) is 4.79 Å². The van der Waals surface area contributed by atoms with Crippen LogP contribution in [0.3, 0.4) is 0 Å². The third kappa shape index (κ3) is 4.23. The first kappa shape index (κ1) is 20.1. The maximum absolute atomic E-state index is 13.0. The van der Waals surface area contributed by atoms with Crippen molar-refractivity contribution in [1.29, 1.82) is 0 Å². The van der Waals surface area contributed by atoms with Gasteiger partial charge in [0.05, 0.1) is 4.90 Å². The molecule has 29 heavy (non-hydrogen) atoms. The third-order valence-electron chi connectivity index (χ3n) is 5.95. The Hall–Kier alpha value is -2.18. The number of carbonyl (C=O) groups excluding carboxylic acids is 1. The number of nitrogens with zero attached hydrogens (tertiary/aromatic N) is 1. The van der Waals surface area contributed by atoms with Crippen LogP contribution in [0.4, 0.5) is 5.69 Å². The van der Waals surface area contributed by atoms with Crippen LogP contribution in [0.15, 0.2) is 47.4 Å². The highest BCUT2D eigenvalue weighted by molar-refractivity contribution is 7.89. The summed E-state index contributed by atoms with van der Waals surface area (Å²) in [6, 6.07) is 12.3. The first-order chi connectivity index (χ1) is 13.8. The van der Waals surface area contributed by atoms with Crippen LogP contribution >= 0.6 is 0 Å². The van der Waals surface area contributed by atoms with Crippen molar-refractivity contribution < 1.29 is 13.2 Å². The van der Waals surface area contributed by atoms with Gasteiger partial charge in [-0.25, -0.2) is 8.42 Å². The van der Waals surface area contributed by atoms with Gasteiger partial charge in [-0.05, 0) is 85.0 Å². The summed E-state index contributed by atoms with van der Waals surface area (Å²) >= 11 is 0. The van der Waals surface area contributed by atoms with Gasteiger partial charge in [0.2, 0.25) is 10.0 Å². The van der Waals surface area contributed by atoms with Gasteiger partial charge in [-0.2, -0.15) is 4.31 Å². The molecule has 0 saturated carbocycles. The highest BCUT2D eigenvalue weighted by Crippen LogP contribution is 2.27. The van der Waals surface area contributed by atoms with Crippen molar-refractivity contribution in [2.45, 2.75) is 44.4 Å². The summed E-state index contributed by atoms with van der Waals surface area (Å²) in [5.74, 6) is 0.476. The van der Waals surface area contributed by atoms with Crippen molar-refractivity contribution in [2.24, 2.45) is 11.8 Å². The lowest BCUT2D eigenvalue weighted by Crippen LogP contribution is -2.42. The smallest absolute Gasteiger partial charge is 0.255 e. The molecular formula is C23H28N2O3S. The van der Waals surface area contributed by atoms with Crippen LogP contribution < -0.4 is 5.32 Å². The van der Waals surface area contributed by atoms with Crippen molar-refractivity contribution in [3.8, 4) is 0 Å². The Labute approximate surface area is 173 Å². The van der Waals surface area contributed by atoms with Crippen molar-refractivity contribution in [3.63, 3.8) is 0 Å². The fourth-order valence-corrected chi connectivity index (χ4v) is 6.26. The molecule has 5 nitrogen and oxygen atoms in total. The number of aryl methyl sites for hydroxylation is 2. The monoisotopic (exact) mass is 412 g/mol. The Morgan fingerprint density at radius 2 is 1.62 bits per heavy atom. The number of amides is 1. The van der Waals surface area contributed by atoms with Crippen LogP contribution in [-0.4, -0.2) is 31.7 Å². The molecule has 1 N–H and O–H groups in total. The molecule has 1 fully saturated rings. The van der Waals surface area contributed by atoms with Gasteiger partial charge in [0.25, 0.3) is 5.91 Å². The van der Waals surface area contributed by atoms with Gasteiger partial charge >= 0.3 is 0 Å². The van der Waals surface area contributed by atoms with Crippen molar-refractivity contribution in [3.05, 3.63) is 59.2 Å². The molecule has 0 spiro atoms. The first-order valence-corrected chi connectivity index (χ1v) is 11.8. The fourth-order valence-electron chi connectivity index (χ4n) is 4.58. The Morgan fingerprint density at radius 3 is 2.31 bits per heavy atom. The number of sulfonamides is 1. The Kier molecular flexibility index (Phi) is 5.49. The van der Waals surface area contributed by atoms with Gasteiger partial charge in [-0.15, -0.1) is 0 Å². The normalized spacial score (nSPS) is 22.3. The van der Waals surface area contributed by atoms with Gasteiger partial charge in [0.15, 0.2) is 0 Å². The molecule has 2 atom stereocenters. The second-order valence-electron chi connectivity index (χ2n) is 8.58. The van der Waals surface area contributed by atoms with E-state index in [4.69, 9.17) is 0 Å². The number of carbonyl (C=O) groups is 1. The van der Waals surface area contributed by atoms with Crippen LogP contribution in [0, 0.1) is 11.8 Å². The Bertz CT molecular complexity index is 1000. The van der Waals surface area contributed by atoms with E-state index in [9.17, 15) is 13.2 Å². The van der Waals surface area contributed by atoms with E-state index in [0.29, 0.717) is 30.5 Å². The summed E-state index contributed by atoms with van der Waals surface area (Å²) in [5, 5.41) is 2.92. The zero-order valence-corrected chi connectivity index (χ0v) is 17.8. The van der Waals surface area contributed by atoms with Crippen molar-refractivity contribution >= 4 is 21.6 Å². The van der Waals surface area contributed by atoms with E-state index in [-0.39, 0.29) is 10.8 Å². The van der Waals surface area contributed by atoms with Crippen LogP contribution in [0.25, 0.3) is 0 Å². The predicted octanol–water partition coefficient (Wildman–Crippen LogP) is 4.09. The highest BCUT2D eigenvalue weighted by Gasteiger charge is 2.31. The van der Waals surface area contributed by atoms with E-state index in [1.54, 1.807) is 16.4 Å². The molecule has 1 amide bonds. The summed E-state index contributed by atoms with van der Waals surface area (Å²) in [6.07, 6.45) is 4.37. The largest absolute Gasteiger partial charge is 0.322 e. The molecule has 2 aromatic rings. The summed E-state index contributed by atoms with van der Waals surface area (Å²) in [7, 11) is -3.53. The average Bonchev–Trinajstić information content (AvgIpc) is 3.15. The van der Waals surface area contributed by atoms with Crippen molar-refractivity contribution in [1.82, 2.24) is 4.31 Å². The molecule has 1 saturated heterocycles. The number of anilines is 1. The van der Waals surface area contributed by atoms with E-state index in [0.717, 1.165) is 31.4 Å². The number of rotatable bonds is 4. The van der Waals surface area contributed by atoms with Crippen LogP contribution in [0.1, 0.15) is 48.2 Å². The maximum atomic E-state index is 13.0. The molecule has 1 heterocycles. The summed E-state index contributed by atoms with van der Waals surface area (Å²) in [5.41, 5.74) is 3.89. The SMILES string of the molecule is C[C@@H]1C[C@H](C)CN(S(=O)(=O)c2ccc(C(=O)Nc3ccc4c(c3)CCC4)cc2)C1. The van der Waals surface area contributed by atoms with Crippen molar-refractivity contribution in [2.75, 3.05) is 18.4 Å². The second kappa shape index (κ2) is 7.92. The summed E-state index contributed by atoms with van der Waals surface area (Å²) in [6.45, 7) is 5.27. The summed E-state index contributed by atoms with van der Waals surface area (Å²) in [4.78, 5) is 12.8. The van der Waals surface area contributed by atoms with E-state index in [1.165, 1.54) is 23.3 Å². The molecule has 0 aromatic heterocycles. The lowest BCUT2D eigenvalue weighted by atomic mass is 9.94.